The maximum atomic E-state index is 13.6. The van der Waals surface area contributed by atoms with E-state index in [1.807, 2.05) is 0 Å². The Balaban J connectivity index is 2.26. The molecule has 4 nitrogen and oxygen atoms in total. The van der Waals surface area contributed by atoms with E-state index in [-0.39, 0.29) is 10.5 Å². The summed E-state index contributed by atoms with van der Waals surface area (Å²) in [6, 6.07) is 1.21. The molecule has 0 bridgehead atoms. The molecule has 19 heavy (non-hydrogen) atoms. The Bertz CT molecular complexity index is 574. The predicted octanol–water partition coefficient (Wildman–Crippen LogP) is 1.76. The number of halogens is 3. The summed E-state index contributed by atoms with van der Waals surface area (Å²) >= 11 is 2.85. The van der Waals surface area contributed by atoms with Crippen LogP contribution in [0.3, 0.4) is 0 Å². The van der Waals surface area contributed by atoms with E-state index in [2.05, 4.69) is 26.0 Å². The number of hydrogen-bond acceptors (Lipinski definition) is 3. The Morgan fingerprint density at radius 3 is 2.68 bits per heavy atom. The molecule has 1 aliphatic rings. The molecule has 106 valence electrons. The molecule has 1 aromatic rings. The Morgan fingerprint density at radius 1 is 1.32 bits per heavy atom. The highest BCUT2D eigenvalue weighted by molar-refractivity contribution is 9.10. The molecular weight excluding hydrogens is 342 g/mol. The Labute approximate surface area is 118 Å². The zero-order chi connectivity index (χ0) is 14.0. The lowest BCUT2D eigenvalue weighted by Gasteiger charge is -2.23. The van der Waals surface area contributed by atoms with Crippen molar-refractivity contribution in [2.24, 2.45) is 0 Å². The Kier molecular flexibility index (Phi) is 4.54. The maximum Gasteiger partial charge on any atom is 0.243 e. The fourth-order valence-electron chi connectivity index (χ4n) is 1.95. The van der Waals surface area contributed by atoms with Crippen LogP contribution in [0.15, 0.2) is 21.5 Å². The minimum Gasteiger partial charge on any atom is -0.315 e. The second-order valence-electron chi connectivity index (χ2n) is 4.36. The number of benzene rings is 1. The summed E-state index contributed by atoms with van der Waals surface area (Å²) < 4.78 is 53.1. The van der Waals surface area contributed by atoms with Crippen molar-refractivity contribution in [3.63, 3.8) is 0 Å². The molecule has 0 unspecified atom stereocenters. The molecule has 0 aromatic heterocycles. The first kappa shape index (κ1) is 14.8. The van der Waals surface area contributed by atoms with E-state index in [0.29, 0.717) is 19.0 Å². The molecule has 2 rings (SSSR count). The number of nitrogens with one attached hydrogen (secondary N) is 2. The van der Waals surface area contributed by atoms with Gasteiger partial charge in [0.05, 0.1) is 4.47 Å². The molecule has 1 atom stereocenters. The largest absolute Gasteiger partial charge is 0.315 e. The van der Waals surface area contributed by atoms with E-state index >= 15 is 0 Å². The van der Waals surface area contributed by atoms with Crippen molar-refractivity contribution in [2.45, 2.75) is 23.8 Å². The van der Waals surface area contributed by atoms with E-state index in [0.717, 1.165) is 19.0 Å². The highest BCUT2D eigenvalue weighted by Gasteiger charge is 2.25. The van der Waals surface area contributed by atoms with Gasteiger partial charge in [0.15, 0.2) is 0 Å². The van der Waals surface area contributed by atoms with Gasteiger partial charge in [-0.2, -0.15) is 0 Å². The van der Waals surface area contributed by atoms with Crippen LogP contribution in [0.5, 0.6) is 0 Å². The zero-order valence-electron chi connectivity index (χ0n) is 9.92. The monoisotopic (exact) mass is 354 g/mol. The van der Waals surface area contributed by atoms with Crippen LogP contribution in [0.4, 0.5) is 8.78 Å². The fraction of sp³-hybridized carbons (Fsp3) is 0.455. The van der Waals surface area contributed by atoms with Gasteiger partial charge < -0.3 is 5.32 Å². The summed E-state index contributed by atoms with van der Waals surface area (Å²) in [6.45, 7) is 1.35. The van der Waals surface area contributed by atoms with Gasteiger partial charge in [0.2, 0.25) is 10.0 Å². The average Bonchev–Trinajstić information content (AvgIpc) is 2.34. The maximum absolute atomic E-state index is 13.6. The molecule has 0 aliphatic carbocycles. The van der Waals surface area contributed by atoms with Gasteiger partial charge in [0.1, 0.15) is 16.5 Å². The van der Waals surface area contributed by atoms with Crippen LogP contribution >= 0.6 is 15.9 Å². The highest BCUT2D eigenvalue weighted by Crippen LogP contribution is 2.23. The predicted molar refractivity (Wildman–Crippen MR) is 70.3 cm³/mol. The van der Waals surface area contributed by atoms with Crippen LogP contribution in [0.2, 0.25) is 0 Å². The Morgan fingerprint density at radius 2 is 2.05 bits per heavy atom. The molecule has 1 aliphatic heterocycles. The summed E-state index contributed by atoms with van der Waals surface area (Å²) in [5.74, 6) is -1.94. The molecule has 8 heteroatoms. The first-order valence-corrected chi connectivity index (χ1v) is 8.05. The quantitative estimate of drug-likeness (QED) is 0.813. The van der Waals surface area contributed by atoms with Crippen molar-refractivity contribution in [1.29, 1.82) is 0 Å². The van der Waals surface area contributed by atoms with Crippen molar-refractivity contribution >= 4 is 26.0 Å². The zero-order valence-corrected chi connectivity index (χ0v) is 12.3. The molecule has 0 saturated carbocycles. The highest BCUT2D eigenvalue weighted by atomic mass is 79.9. The first-order chi connectivity index (χ1) is 8.90. The van der Waals surface area contributed by atoms with Crippen LogP contribution in [0.25, 0.3) is 0 Å². The lowest BCUT2D eigenvalue weighted by molar-refractivity contribution is 0.427. The first-order valence-electron chi connectivity index (χ1n) is 5.78. The van der Waals surface area contributed by atoms with Crippen LogP contribution < -0.4 is 10.0 Å². The average molecular weight is 355 g/mol. The smallest absolute Gasteiger partial charge is 0.243 e. The van der Waals surface area contributed by atoms with Gasteiger partial charge in [-0.15, -0.1) is 0 Å². The van der Waals surface area contributed by atoms with Crippen LogP contribution in [0, 0.1) is 11.6 Å². The minimum atomic E-state index is -3.99. The molecule has 2 N–H and O–H groups in total. The molecule has 1 fully saturated rings. The third kappa shape index (κ3) is 3.50. The van der Waals surface area contributed by atoms with Gasteiger partial charge in [-0.1, -0.05) is 0 Å². The molecule has 1 saturated heterocycles. The van der Waals surface area contributed by atoms with Gasteiger partial charge >= 0.3 is 0 Å². The number of sulfonamides is 1. The van der Waals surface area contributed by atoms with Crippen molar-refractivity contribution in [3.8, 4) is 0 Å². The topological polar surface area (TPSA) is 58.2 Å². The molecular formula is C11H13BrF2N2O2S. The van der Waals surface area contributed by atoms with Crippen LogP contribution in [0.1, 0.15) is 12.8 Å². The summed E-state index contributed by atoms with van der Waals surface area (Å²) in [7, 11) is -3.99. The summed E-state index contributed by atoms with van der Waals surface area (Å²) in [6.07, 6.45) is 1.54. The number of rotatable bonds is 3. The van der Waals surface area contributed by atoms with E-state index in [1.54, 1.807) is 0 Å². The van der Waals surface area contributed by atoms with Gasteiger partial charge in [0, 0.05) is 18.7 Å². The number of piperidine rings is 1. The summed E-state index contributed by atoms with van der Waals surface area (Å²) in [5.41, 5.74) is 0. The summed E-state index contributed by atoms with van der Waals surface area (Å²) in [4.78, 5) is -0.550. The standard InChI is InChI=1S/C11H13BrF2N2O2S/c12-8-4-11(10(14)5-9(8)13)19(17,18)16-7-2-1-3-15-6-7/h4-5,7,15-16H,1-3,6H2/t7-/m0/s1. The van der Waals surface area contributed by atoms with Crippen molar-refractivity contribution < 1.29 is 17.2 Å². The molecule has 1 aromatic carbocycles. The van der Waals surface area contributed by atoms with Gasteiger partial charge in [0.25, 0.3) is 0 Å². The van der Waals surface area contributed by atoms with Gasteiger partial charge in [-0.05, 0) is 41.4 Å². The Hall–Kier alpha value is -0.570. The molecule has 1 heterocycles. The molecule has 0 radical (unpaired) electrons. The fourth-order valence-corrected chi connectivity index (χ4v) is 3.80. The van der Waals surface area contributed by atoms with Crippen molar-refractivity contribution in [2.75, 3.05) is 13.1 Å². The van der Waals surface area contributed by atoms with Gasteiger partial charge in [-0.3, -0.25) is 0 Å². The molecule has 0 spiro atoms. The molecule has 0 amide bonds. The minimum absolute atomic E-state index is 0.0870. The van der Waals surface area contributed by atoms with Gasteiger partial charge in [-0.25, -0.2) is 21.9 Å². The van der Waals surface area contributed by atoms with E-state index < -0.39 is 26.6 Å². The van der Waals surface area contributed by atoms with E-state index in [1.165, 1.54) is 0 Å². The van der Waals surface area contributed by atoms with E-state index in [4.69, 9.17) is 0 Å². The van der Waals surface area contributed by atoms with Crippen LogP contribution in [-0.2, 0) is 10.0 Å². The lowest BCUT2D eigenvalue weighted by Crippen LogP contribution is -2.45. The normalized spacial score (nSPS) is 20.5. The van der Waals surface area contributed by atoms with Crippen LogP contribution in [-0.4, -0.2) is 27.5 Å². The van der Waals surface area contributed by atoms with Crippen molar-refractivity contribution in [1.82, 2.24) is 10.0 Å². The third-order valence-electron chi connectivity index (χ3n) is 2.88. The number of hydrogen-bond donors (Lipinski definition) is 2. The van der Waals surface area contributed by atoms with E-state index in [9.17, 15) is 17.2 Å². The van der Waals surface area contributed by atoms with Crippen molar-refractivity contribution in [3.05, 3.63) is 28.2 Å². The SMILES string of the molecule is O=S(=O)(N[C@H]1CCCNC1)c1cc(Br)c(F)cc1F. The summed E-state index contributed by atoms with van der Waals surface area (Å²) in [5, 5.41) is 3.05. The lowest BCUT2D eigenvalue weighted by atomic mass is 10.1. The second kappa shape index (κ2) is 5.82. The second-order valence-corrected chi connectivity index (χ2v) is 6.90. The third-order valence-corrected chi connectivity index (χ3v) is 5.03.